The minimum Gasteiger partial charge on any atom is -0.467 e. The molecule has 0 spiro atoms. The van der Waals surface area contributed by atoms with E-state index in [0.717, 1.165) is 39.0 Å². The van der Waals surface area contributed by atoms with Gasteiger partial charge in [-0.2, -0.15) is 0 Å². The fourth-order valence-electron chi connectivity index (χ4n) is 6.93. The van der Waals surface area contributed by atoms with E-state index in [1.807, 2.05) is 6.92 Å². The van der Waals surface area contributed by atoms with E-state index < -0.39 is 71.7 Å². The third kappa shape index (κ3) is 6.07. The number of esters is 5. The Morgan fingerprint density at radius 2 is 1.63 bits per heavy atom. The van der Waals surface area contributed by atoms with Gasteiger partial charge in [-0.25, -0.2) is 14.6 Å². The average molecular weight is 709 g/mol. The first-order valence-electron chi connectivity index (χ1n) is 16.3. The molecule has 270 valence electrons. The van der Waals surface area contributed by atoms with Crippen LogP contribution in [0.5, 0.6) is 5.75 Å². The van der Waals surface area contributed by atoms with Crippen molar-refractivity contribution >= 4 is 40.7 Å². The molecule has 0 bridgehead atoms. The Hall–Kier alpha value is -5.35. The first kappa shape index (κ1) is 35.5. The zero-order chi connectivity index (χ0) is 36.9. The molecule has 6 atom stereocenters. The maximum absolute atomic E-state index is 13.7. The normalized spacial score (nSPS) is 24.8. The molecule has 0 amide bonds. The highest BCUT2D eigenvalue weighted by molar-refractivity contribution is 5.90. The Morgan fingerprint density at radius 3 is 2.25 bits per heavy atom. The number of hydrogen-bond acceptors (Lipinski definition) is 15. The van der Waals surface area contributed by atoms with Gasteiger partial charge in [-0.15, -0.1) is 0 Å². The van der Waals surface area contributed by atoms with Crippen molar-refractivity contribution in [2.75, 3.05) is 7.11 Å². The number of ether oxygens (including phenoxy) is 7. The van der Waals surface area contributed by atoms with Crippen LogP contribution in [0.4, 0.5) is 0 Å². The number of nitrogens with zero attached hydrogens (tertiary/aromatic N) is 2. The molecule has 0 saturated carbocycles. The van der Waals surface area contributed by atoms with Gasteiger partial charge in [0.05, 0.1) is 36.1 Å². The molecule has 3 aliphatic rings. The van der Waals surface area contributed by atoms with Crippen LogP contribution in [-0.4, -0.2) is 82.3 Å². The molecule has 1 fully saturated rings. The Balaban J connectivity index is 1.42. The number of aryl methyl sites for hydroxylation is 1. The summed E-state index contributed by atoms with van der Waals surface area (Å²) in [5, 5.41) is 11.9. The lowest BCUT2D eigenvalue weighted by Crippen LogP contribution is -2.64. The maximum atomic E-state index is 13.7. The van der Waals surface area contributed by atoms with Crippen molar-refractivity contribution in [3.8, 4) is 17.1 Å². The van der Waals surface area contributed by atoms with Gasteiger partial charge >= 0.3 is 29.8 Å². The summed E-state index contributed by atoms with van der Waals surface area (Å²) < 4.78 is 39.9. The molecule has 6 unspecified atom stereocenters. The van der Waals surface area contributed by atoms with Crippen LogP contribution >= 0.6 is 0 Å². The second-order valence-corrected chi connectivity index (χ2v) is 12.3. The fourth-order valence-corrected chi connectivity index (χ4v) is 6.93. The summed E-state index contributed by atoms with van der Waals surface area (Å²) in [5.74, 6) is -4.05. The lowest BCUT2D eigenvalue weighted by molar-refractivity contribution is -0.282. The number of rotatable bonds is 8. The summed E-state index contributed by atoms with van der Waals surface area (Å²) in [6, 6.07) is 6.52. The highest BCUT2D eigenvalue weighted by Gasteiger charge is 2.56. The molecule has 0 aliphatic carbocycles. The van der Waals surface area contributed by atoms with Crippen LogP contribution in [0.25, 0.3) is 22.3 Å². The van der Waals surface area contributed by atoms with E-state index in [4.69, 9.17) is 38.1 Å². The van der Waals surface area contributed by atoms with Crippen molar-refractivity contribution in [3.63, 3.8) is 0 Å². The largest absolute Gasteiger partial charge is 0.467 e. The monoisotopic (exact) mass is 708 g/mol. The lowest BCUT2D eigenvalue weighted by atomic mass is 9.86. The molecule has 1 saturated heterocycles. The van der Waals surface area contributed by atoms with Gasteiger partial charge in [-0.1, -0.05) is 13.8 Å². The van der Waals surface area contributed by atoms with Crippen LogP contribution in [0.15, 0.2) is 29.1 Å². The summed E-state index contributed by atoms with van der Waals surface area (Å²) in [6.07, 6.45) is -7.25. The smallest absolute Gasteiger partial charge is 0.343 e. The van der Waals surface area contributed by atoms with E-state index in [1.54, 1.807) is 35.8 Å². The van der Waals surface area contributed by atoms with E-state index in [-0.39, 0.29) is 36.4 Å². The van der Waals surface area contributed by atoms with E-state index in [0.29, 0.717) is 28.7 Å². The van der Waals surface area contributed by atoms with Crippen molar-refractivity contribution in [1.82, 2.24) is 9.55 Å². The zero-order valence-corrected chi connectivity index (χ0v) is 28.7. The predicted octanol–water partition coefficient (Wildman–Crippen LogP) is 1.71. The molecular formula is C35H36N2O14. The van der Waals surface area contributed by atoms with Crippen LogP contribution in [-0.2, 0) is 77.6 Å². The van der Waals surface area contributed by atoms with Crippen molar-refractivity contribution in [2.45, 2.75) is 96.9 Å². The minimum absolute atomic E-state index is 0.0121. The number of cyclic esters (lactones) is 1. The number of aromatic nitrogens is 2. The van der Waals surface area contributed by atoms with Crippen LogP contribution in [0, 0.1) is 0 Å². The third-order valence-electron chi connectivity index (χ3n) is 9.22. The lowest BCUT2D eigenvalue weighted by Gasteiger charge is -2.43. The quantitative estimate of drug-likeness (QED) is 0.204. The van der Waals surface area contributed by atoms with Gasteiger partial charge in [0.25, 0.3) is 5.56 Å². The number of methoxy groups -OCH3 is 1. The van der Waals surface area contributed by atoms with Gasteiger partial charge in [0.2, 0.25) is 12.4 Å². The van der Waals surface area contributed by atoms with E-state index in [1.165, 1.54) is 0 Å². The highest BCUT2D eigenvalue weighted by Crippen LogP contribution is 2.41. The summed E-state index contributed by atoms with van der Waals surface area (Å²) in [4.78, 5) is 80.4. The number of carbonyl (C=O) groups is 5. The third-order valence-corrected chi connectivity index (χ3v) is 9.22. The van der Waals surface area contributed by atoms with E-state index in [2.05, 4.69) is 0 Å². The molecule has 2 aromatic heterocycles. The maximum Gasteiger partial charge on any atom is 0.343 e. The zero-order valence-electron chi connectivity index (χ0n) is 28.7. The first-order valence-corrected chi connectivity index (χ1v) is 16.3. The second kappa shape index (κ2) is 13.4. The second-order valence-electron chi connectivity index (χ2n) is 12.3. The molecule has 1 aromatic carbocycles. The van der Waals surface area contributed by atoms with Crippen LogP contribution in [0.1, 0.15) is 63.3 Å². The molecule has 16 nitrogen and oxygen atoms in total. The number of carbonyl (C=O) groups excluding carboxylic acids is 5. The standard InChI is InChI=1S/C35H36N2O14/c1-7-19-20-11-18(50-33-30(49-17(5)40)28(48-16(4)39)27(47-15(3)38)29(51-33)32(42)45-6)9-10-24(20)36-26-21(19)13-37-25(26)12-23-22(31(37)41)14-46-34(43)35(23,44)8-2/h9-12,27-30,33,44H,7-8,13-14H2,1-6H3. The average Bonchev–Trinajstić information content (AvgIpc) is 3.45. The molecule has 3 aromatic rings. The summed E-state index contributed by atoms with van der Waals surface area (Å²) in [5.41, 5.74) is 1.16. The molecule has 5 heterocycles. The molecular weight excluding hydrogens is 672 g/mol. The van der Waals surface area contributed by atoms with Gasteiger partial charge in [-0.3, -0.25) is 19.2 Å². The Labute approximate surface area is 290 Å². The predicted molar refractivity (Wildman–Crippen MR) is 172 cm³/mol. The first-order chi connectivity index (χ1) is 24.2. The Morgan fingerprint density at radius 1 is 0.961 bits per heavy atom. The molecule has 1 N–H and O–H groups in total. The fraction of sp³-hybridized carbons (Fsp3) is 0.457. The van der Waals surface area contributed by atoms with E-state index in [9.17, 15) is 33.9 Å². The number of hydrogen-bond donors (Lipinski definition) is 1. The van der Waals surface area contributed by atoms with Crippen molar-refractivity contribution in [3.05, 3.63) is 56.9 Å². The Kier molecular flexibility index (Phi) is 9.33. The number of fused-ring (bicyclic) bond motifs is 5. The number of benzene rings is 1. The molecule has 51 heavy (non-hydrogen) atoms. The minimum atomic E-state index is -1.97. The summed E-state index contributed by atoms with van der Waals surface area (Å²) in [6.45, 7) is 6.77. The topological polar surface area (TPSA) is 205 Å². The molecule has 0 radical (unpaired) electrons. The van der Waals surface area contributed by atoms with Gasteiger partial charge in [0.1, 0.15) is 12.4 Å². The van der Waals surface area contributed by atoms with E-state index >= 15 is 0 Å². The number of pyridine rings is 2. The van der Waals surface area contributed by atoms with Crippen LogP contribution in [0.2, 0.25) is 0 Å². The van der Waals surface area contributed by atoms with Gasteiger partial charge in [-0.05, 0) is 42.7 Å². The van der Waals surface area contributed by atoms with Crippen molar-refractivity contribution in [2.24, 2.45) is 0 Å². The number of aliphatic hydroxyl groups is 1. The molecule has 3 aliphatic heterocycles. The summed E-state index contributed by atoms with van der Waals surface area (Å²) in [7, 11) is 1.09. The summed E-state index contributed by atoms with van der Waals surface area (Å²) >= 11 is 0. The van der Waals surface area contributed by atoms with Crippen LogP contribution < -0.4 is 10.3 Å². The molecule has 6 rings (SSSR count). The SMILES string of the molecule is CCc1c2c(nc3ccc(OC4OC(C(=O)OC)C(OC(C)=O)C(OC(C)=O)C4OC(C)=O)cc13)-c1cc3c(c(=O)n1C2)COC(=O)C3(O)CC. The van der Waals surface area contributed by atoms with Crippen molar-refractivity contribution < 1.29 is 62.2 Å². The van der Waals surface area contributed by atoms with Gasteiger partial charge < -0.3 is 42.8 Å². The molecule has 16 heteroatoms. The Bertz CT molecular complexity index is 2040. The van der Waals surface area contributed by atoms with Crippen molar-refractivity contribution in [1.29, 1.82) is 0 Å². The van der Waals surface area contributed by atoms with Gasteiger partial charge in [0.15, 0.2) is 23.9 Å². The van der Waals surface area contributed by atoms with Crippen LogP contribution in [0.3, 0.4) is 0 Å². The van der Waals surface area contributed by atoms with Gasteiger partial charge in [0, 0.05) is 37.3 Å². The highest BCUT2D eigenvalue weighted by atomic mass is 16.7.